The summed E-state index contributed by atoms with van der Waals surface area (Å²) in [4.78, 5) is 15.9. The number of carbonyl (C=O) groups excluding carboxylic acids is 1. The number of aryl methyl sites for hydroxylation is 1. The lowest BCUT2D eigenvalue weighted by Crippen LogP contribution is -2.30. The number of esters is 1. The fourth-order valence-corrected chi connectivity index (χ4v) is 2.88. The summed E-state index contributed by atoms with van der Waals surface area (Å²) in [6.45, 7) is 1.91. The molecule has 1 aliphatic rings. The smallest absolute Gasteiger partial charge is 0.308 e. The van der Waals surface area contributed by atoms with Crippen LogP contribution in [-0.2, 0) is 9.53 Å². The molecule has 1 fully saturated rings. The van der Waals surface area contributed by atoms with Gasteiger partial charge in [-0.15, -0.1) is 10.2 Å². The van der Waals surface area contributed by atoms with Gasteiger partial charge in [0.2, 0.25) is 5.65 Å². The Kier molecular flexibility index (Phi) is 3.72. The first kappa shape index (κ1) is 13.8. The fourth-order valence-electron chi connectivity index (χ4n) is 2.88. The van der Waals surface area contributed by atoms with E-state index >= 15 is 0 Å². The molecule has 21 heavy (non-hydrogen) atoms. The summed E-state index contributed by atoms with van der Waals surface area (Å²) in [6.07, 6.45) is 7.14. The lowest BCUT2D eigenvalue weighted by atomic mass is 9.86. The quantitative estimate of drug-likeness (QED) is 0.864. The number of carbonyl (C=O) groups is 1. The third-order valence-electron chi connectivity index (χ3n) is 4.10. The van der Waals surface area contributed by atoms with E-state index in [4.69, 9.17) is 4.74 Å². The van der Waals surface area contributed by atoms with Gasteiger partial charge in [-0.2, -0.15) is 0 Å². The van der Waals surface area contributed by atoms with E-state index in [2.05, 4.69) is 20.5 Å². The van der Waals surface area contributed by atoms with E-state index in [9.17, 15) is 4.79 Å². The van der Waals surface area contributed by atoms with Crippen LogP contribution in [-0.4, -0.2) is 38.7 Å². The van der Waals surface area contributed by atoms with Gasteiger partial charge in [0, 0.05) is 18.4 Å². The second-order valence-electron chi connectivity index (χ2n) is 5.43. The van der Waals surface area contributed by atoms with Crippen LogP contribution in [0.5, 0.6) is 0 Å². The van der Waals surface area contributed by atoms with Gasteiger partial charge < -0.3 is 10.1 Å². The van der Waals surface area contributed by atoms with Gasteiger partial charge in [0.25, 0.3) is 0 Å². The lowest BCUT2D eigenvalue weighted by molar-refractivity contribution is -0.146. The van der Waals surface area contributed by atoms with Crippen molar-refractivity contribution in [1.82, 2.24) is 19.6 Å². The van der Waals surface area contributed by atoms with E-state index in [1.54, 1.807) is 6.20 Å². The number of hydrogen-bond acceptors (Lipinski definition) is 6. The second kappa shape index (κ2) is 5.67. The molecule has 1 N–H and O–H groups in total. The molecule has 7 heteroatoms. The van der Waals surface area contributed by atoms with Gasteiger partial charge in [-0.1, -0.05) is 0 Å². The molecule has 3 rings (SSSR count). The first-order chi connectivity index (χ1) is 10.2. The number of fused-ring (bicyclic) bond motifs is 1. The zero-order chi connectivity index (χ0) is 14.8. The summed E-state index contributed by atoms with van der Waals surface area (Å²) in [7, 11) is 1.45. The number of aromatic nitrogens is 4. The minimum atomic E-state index is -0.0956. The highest BCUT2D eigenvalue weighted by Crippen LogP contribution is 2.27. The van der Waals surface area contributed by atoms with Gasteiger partial charge >= 0.3 is 5.97 Å². The molecule has 0 atom stereocenters. The Morgan fingerprint density at radius 3 is 2.81 bits per heavy atom. The summed E-state index contributed by atoms with van der Waals surface area (Å²) < 4.78 is 6.72. The number of hydrogen-bond donors (Lipinski definition) is 1. The normalized spacial score (nSPS) is 22.2. The van der Waals surface area contributed by atoms with Crippen molar-refractivity contribution in [2.75, 3.05) is 12.4 Å². The Morgan fingerprint density at radius 2 is 2.10 bits per heavy atom. The molecule has 0 bridgehead atoms. The topological polar surface area (TPSA) is 81.4 Å². The Balaban J connectivity index is 1.68. The maximum atomic E-state index is 11.5. The van der Waals surface area contributed by atoms with Crippen molar-refractivity contribution in [3.63, 3.8) is 0 Å². The van der Waals surface area contributed by atoms with E-state index in [1.165, 1.54) is 7.11 Å². The summed E-state index contributed by atoms with van der Waals surface area (Å²) >= 11 is 0. The summed E-state index contributed by atoms with van der Waals surface area (Å²) in [5.41, 5.74) is 0.741. The van der Waals surface area contributed by atoms with Crippen LogP contribution >= 0.6 is 0 Å². The average Bonchev–Trinajstić information content (AvgIpc) is 2.90. The van der Waals surface area contributed by atoms with E-state index in [0.29, 0.717) is 6.04 Å². The molecule has 2 aromatic heterocycles. The van der Waals surface area contributed by atoms with Crippen LogP contribution in [0, 0.1) is 12.8 Å². The van der Waals surface area contributed by atoms with E-state index in [-0.39, 0.29) is 11.9 Å². The van der Waals surface area contributed by atoms with E-state index in [1.807, 2.05) is 17.5 Å². The first-order valence-corrected chi connectivity index (χ1v) is 7.19. The van der Waals surface area contributed by atoms with Gasteiger partial charge in [0.1, 0.15) is 5.82 Å². The molecule has 0 aliphatic heterocycles. The molecule has 0 unspecified atom stereocenters. The number of rotatable bonds is 3. The number of nitrogens with zero attached hydrogens (tertiary/aromatic N) is 4. The average molecular weight is 289 g/mol. The maximum absolute atomic E-state index is 11.5. The monoisotopic (exact) mass is 289 g/mol. The Morgan fingerprint density at radius 1 is 1.33 bits per heavy atom. The van der Waals surface area contributed by atoms with Crippen molar-refractivity contribution in [2.45, 2.75) is 38.6 Å². The Bertz CT molecular complexity index is 646. The van der Waals surface area contributed by atoms with Crippen molar-refractivity contribution in [3.8, 4) is 0 Å². The highest BCUT2D eigenvalue weighted by atomic mass is 16.5. The SMILES string of the molecule is COC(=O)C1CCC(Nc2nccn3c(C)nnc23)CC1. The van der Waals surface area contributed by atoms with E-state index in [0.717, 1.165) is 43.0 Å². The molecule has 112 valence electrons. The number of nitrogens with one attached hydrogen (secondary N) is 1. The van der Waals surface area contributed by atoms with Crippen molar-refractivity contribution < 1.29 is 9.53 Å². The molecule has 0 saturated heterocycles. The van der Waals surface area contributed by atoms with Crippen LogP contribution in [0.3, 0.4) is 0 Å². The minimum Gasteiger partial charge on any atom is -0.469 e. The zero-order valence-corrected chi connectivity index (χ0v) is 12.2. The van der Waals surface area contributed by atoms with Crippen molar-refractivity contribution in [3.05, 3.63) is 18.2 Å². The summed E-state index contributed by atoms with van der Waals surface area (Å²) in [5.74, 6) is 1.53. The van der Waals surface area contributed by atoms with Crippen LogP contribution in [0.15, 0.2) is 12.4 Å². The van der Waals surface area contributed by atoms with Crippen molar-refractivity contribution in [1.29, 1.82) is 0 Å². The van der Waals surface area contributed by atoms with Gasteiger partial charge in [0.05, 0.1) is 13.0 Å². The van der Waals surface area contributed by atoms with Crippen LogP contribution in [0.4, 0.5) is 5.82 Å². The minimum absolute atomic E-state index is 0.0344. The maximum Gasteiger partial charge on any atom is 0.308 e. The third kappa shape index (κ3) is 2.68. The number of ether oxygens (including phenoxy) is 1. The van der Waals surface area contributed by atoms with Crippen molar-refractivity contribution >= 4 is 17.4 Å². The molecule has 1 aliphatic carbocycles. The molecule has 0 aromatic carbocycles. The molecule has 7 nitrogen and oxygen atoms in total. The fraction of sp³-hybridized carbons (Fsp3) is 0.571. The van der Waals surface area contributed by atoms with Crippen LogP contribution in [0.2, 0.25) is 0 Å². The molecule has 1 saturated carbocycles. The summed E-state index contributed by atoms with van der Waals surface area (Å²) in [5, 5.41) is 11.6. The highest BCUT2D eigenvalue weighted by molar-refractivity contribution is 5.72. The molecule has 0 radical (unpaired) electrons. The Hall–Kier alpha value is -2.18. The van der Waals surface area contributed by atoms with E-state index < -0.39 is 0 Å². The van der Waals surface area contributed by atoms with Crippen LogP contribution in [0.25, 0.3) is 5.65 Å². The molecule has 0 spiro atoms. The first-order valence-electron chi connectivity index (χ1n) is 7.19. The van der Waals surface area contributed by atoms with Crippen molar-refractivity contribution in [2.24, 2.45) is 5.92 Å². The van der Waals surface area contributed by atoms with Crippen LogP contribution < -0.4 is 5.32 Å². The predicted molar refractivity (Wildman–Crippen MR) is 76.9 cm³/mol. The largest absolute Gasteiger partial charge is 0.469 e. The molecular formula is C14H19N5O2. The van der Waals surface area contributed by atoms with Crippen LogP contribution in [0.1, 0.15) is 31.5 Å². The molecule has 2 aromatic rings. The standard InChI is InChI=1S/C14H19N5O2/c1-9-17-18-13-12(15-7-8-19(9)13)16-11-5-3-10(4-6-11)14(20)21-2/h7-8,10-11H,3-6H2,1-2H3,(H,15,16). The molecular weight excluding hydrogens is 270 g/mol. The number of anilines is 1. The molecule has 0 amide bonds. The lowest BCUT2D eigenvalue weighted by Gasteiger charge is -2.27. The molecule has 2 heterocycles. The van der Waals surface area contributed by atoms with Gasteiger partial charge in [-0.3, -0.25) is 9.20 Å². The van der Waals surface area contributed by atoms with Gasteiger partial charge in [-0.25, -0.2) is 4.98 Å². The van der Waals surface area contributed by atoms with Gasteiger partial charge in [-0.05, 0) is 32.6 Å². The second-order valence-corrected chi connectivity index (χ2v) is 5.43. The highest BCUT2D eigenvalue weighted by Gasteiger charge is 2.27. The number of methoxy groups -OCH3 is 1. The Labute approximate surface area is 122 Å². The third-order valence-corrected chi connectivity index (χ3v) is 4.10. The predicted octanol–water partition coefficient (Wildman–Crippen LogP) is 1.58. The van der Waals surface area contributed by atoms with Gasteiger partial charge in [0.15, 0.2) is 5.82 Å². The zero-order valence-electron chi connectivity index (χ0n) is 12.2. The summed E-state index contributed by atoms with van der Waals surface area (Å²) in [6, 6.07) is 0.307.